The Bertz CT molecular complexity index is 1010. The zero-order valence-corrected chi connectivity index (χ0v) is 15.4. The molecule has 5 nitrogen and oxygen atoms in total. The molecule has 1 fully saturated rings. The molecule has 0 radical (unpaired) electrons. The summed E-state index contributed by atoms with van der Waals surface area (Å²) in [6.45, 7) is 2.94. The van der Waals surface area contributed by atoms with E-state index in [1.54, 1.807) is 24.5 Å². The van der Waals surface area contributed by atoms with Crippen molar-refractivity contribution >= 4 is 38.3 Å². The van der Waals surface area contributed by atoms with E-state index in [0.717, 1.165) is 34.3 Å². The molecule has 1 saturated heterocycles. The number of hydrogen-bond donors (Lipinski definition) is 0. The van der Waals surface area contributed by atoms with Crippen molar-refractivity contribution < 1.29 is 4.39 Å². The highest BCUT2D eigenvalue weighted by Crippen LogP contribution is 2.28. The van der Waals surface area contributed by atoms with Gasteiger partial charge in [0.15, 0.2) is 0 Å². The Labute approximate surface area is 158 Å². The Kier molecular flexibility index (Phi) is 4.43. The maximum atomic E-state index is 13.9. The Balaban J connectivity index is 1.58. The van der Waals surface area contributed by atoms with Gasteiger partial charge in [-0.1, -0.05) is 6.07 Å². The molecule has 3 heterocycles. The van der Waals surface area contributed by atoms with Gasteiger partial charge in [0.25, 0.3) is 0 Å². The van der Waals surface area contributed by atoms with Crippen LogP contribution in [0, 0.1) is 17.1 Å². The first-order valence-electron chi connectivity index (χ1n) is 8.26. The molecule has 0 atom stereocenters. The first-order valence-corrected chi connectivity index (χ1v) is 9.05. The molecule has 2 aromatic heterocycles. The Morgan fingerprint density at radius 1 is 1.04 bits per heavy atom. The number of nitriles is 1. The molecule has 7 heteroatoms. The average Bonchev–Trinajstić information content (AvgIpc) is 2.67. The maximum absolute atomic E-state index is 13.9. The third kappa shape index (κ3) is 2.97. The quantitative estimate of drug-likeness (QED) is 0.642. The summed E-state index contributed by atoms with van der Waals surface area (Å²) in [6.07, 6.45) is 3.56. The molecule has 0 aliphatic carbocycles. The van der Waals surface area contributed by atoms with E-state index >= 15 is 0 Å². The monoisotopic (exact) mass is 411 g/mol. The third-order valence-electron chi connectivity index (χ3n) is 4.59. The Morgan fingerprint density at radius 3 is 2.50 bits per heavy atom. The Hall–Kier alpha value is -2.72. The van der Waals surface area contributed by atoms with Crippen LogP contribution in [-0.2, 0) is 0 Å². The van der Waals surface area contributed by atoms with Crippen molar-refractivity contribution in [2.75, 3.05) is 36.0 Å². The van der Waals surface area contributed by atoms with Crippen LogP contribution < -0.4 is 9.80 Å². The van der Waals surface area contributed by atoms with Crippen LogP contribution in [0.4, 0.5) is 15.8 Å². The number of rotatable bonds is 2. The minimum absolute atomic E-state index is 0.113. The largest absolute Gasteiger partial charge is 0.367 e. The first-order chi connectivity index (χ1) is 12.7. The van der Waals surface area contributed by atoms with E-state index in [1.807, 2.05) is 18.2 Å². The van der Waals surface area contributed by atoms with Gasteiger partial charge < -0.3 is 9.80 Å². The molecule has 1 aliphatic rings. The van der Waals surface area contributed by atoms with Crippen LogP contribution in [0.3, 0.4) is 0 Å². The highest BCUT2D eigenvalue weighted by molar-refractivity contribution is 9.10. The van der Waals surface area contributed by atoms with Crippen LogP contribution >= 0.6 is 15.9 Å². The van der Waals surface area contributed by atoms with Gasteiger partial charge in [-0.05, 0) is 40.2 Å². The topological polar surface area (TPSA) is 56.1 Å². The average molecular weight is 412 g/mol. The number of hydrogen-bond acceptors (Lipinski definition) is 5. The van der Waals surface area contributed by atoms with E-state index in [9.17, 15) is 9.65 Å². The molecule has 0 N–H and O–H groups in total. The molecule has 130 valence electrons. The van der Waals surface area contributed by atoms with E-state index in [1.165, 1.54) is 6.07 Å². The fourth-order valence-electron chi connectivity index (χ4n) is 3.32. The lowest BCUT2D eigenvalue weighted by molar-refractivity contribution is 0.616. The predicted octanol–water partition coefficient (Wildman–Crippen LogP) is 3.73. The molecule has 26 heavy (non-hydrogen) atoms. The highest BCUT2D eigenvalue weighted by Gasteiger charge is 2.22. The van der Waals surface area contributed by atoms with Gasteiger partial charge in [0.2, 0.25) is 0 Å². The minimum Gasteiger partial charge on any atom is -0.367 e. The Morgan fingerprint density at radius 2 is 1.77 bits per heavy atom. The van der Waals surface area contributed by atoms with Crippen molar-refractivity contribution in [1.29, 1.82) is 5.26 Å². The number of piperazine rings is 1. The molecule has 4 rings (SSSR count). The molecule has 1 aromatic carbocycles. The smallest absolute Gasteiger partial charge is 0.143 e. The van der Waals surface area contributed by atoms with Crippen LogP contribution in [-0.4, -0.2) is 36.1 Å². The number of pyridine rings is 2. The fraction of sp³-hybridized carbons (Fsp3) is 0.211. The van der Waals surface area contributed by atoms with Gasteiger partial charge in [-0.15, -0.1) is 0 Å². The van der Waals surface area contributed by atoms with Crippen molar-refractivity contribution in [1.82, 2.24) is 9.97 Å². The number of halogens is 2. The van der Waals surface area contributed by atoms with Gasteiger partial charge in [-0.25, -0.2) is 4.39 Å². The molecule has 1 aliphatic heterocycles. The first kappa shape index (κ1) is 16.7. The molecular formula is C19H15BrFN5. The van der Waals surface area contributed by atoms with Crippen LogP contribution in [0.5, 0.6) is 0 Å². The second-order valence-corrected chi connectivity index (χ2v) is 6.99. The number of nitrogens with zero attached hydrogens (tertiary/aromatic N) is 5. The van der Waals surface area contributed by atoms with Crippen molar-refractivity contribution in [2.45, 2.75) is 0 Å². The fourth-order valence-corrected chi connectivity index (χ4v) is 3.64. The summed E-state index contributed by atoms with van der Waals surface area (Å²) in [6, 6.07) is 10.7. The van der Waals surface area contributed by atoms with Gasteiger partial charge in [0.05, 0.1) is 16.9 Å². The van der Waals surface area contributed by atoms with Crippen molar-refractivity contribution in [3.8, 4) is 6.07 Å². The van der Waals surface area contributed by atoms with Gasteiger partial charge in [0, 0.05) is 43.0 Å². The van der Waals surface area contributed by atoms with E-state index in [-0.39, 0.29) is 5.56 Å². The van der Waals surface area contributed by atoms with Crippen LogP contribution in [0.1, 0.15) is 5.56 Å². The van der Waals surface area contributed by atoms with Gasteiger partial charge in [-0.2, -0.15) is 5.26 Å². The normalized spacial score (nSPS) is 14.5. The summed E-state index contributed by atoms with van der Waals surface area (Å²) in [5.74, 6) is -0.470. The van der Waals surface area contributed by atoms with E-state index < -0.39 is 5.82 Å². The predicted molar refractivity (Wildman–Crippen MR) is 103 cm³/mol. The summed E-state index contributed by atoms with van der Waals surface area (Å²) >= 11 is 3.43. The lowest BCUT2D eigenvalue weighted by atomic mass is 10.1. The van der Waals surface area contributed by atoms with Gasteiger partial charge in [-0.3, -0.25) is 9.97 Å². The highest BCUT2D eigenvalue weighted by atomic mass is 79.9. The van der Waals surface area contributed by atoms with E-state index in [4.69, 9.17) is 0 Å². The molecule has 0 unspecified atom stereocenters. The maximum Gasteiger partial charge on any atom is 0.143 e. The van der Waals surface area contributed by atoms with Gasteiger partial charge >= 0.3 is 0 Å². The number of aromatic nitrogens is 2. The van der Waals surface area contributed by atoms with Crippen molar-refractivity contribution in [2.24, 2.45) is 0 Å². The van der Waals surface area contributed by atoms with Gasteiger partial charge in [0.1, 0.15) is 23.0 Å². The molecule has 0 saturated carbocycles. The minimum atomic E-state index is -0.470. The molecule has 0 amide bonds. The lowest BCUT2D eigenvalue weighted by Crippen LogP contribution is -2.47. The van der Waals surface area contributed by atoms with Crippen LogP contribution in [0.15, 0.2) is 47.2 Å². The second kappa shape index (κ2) is 6.89. The third-order valence-corrected chi connectivity index (χ3v) is 5.02. The molecule has 0 bridgehead atoms. The standard InChI is InChI=1S/C19H15BrFN5/c20-13-10-16-19(24-12-13)18(4-5-23-16)26-8-6-25(7-9-26)17-3-1-2-15(21)14(17)11-22/h1-5,10,12H,6-9H2. The molecule has 3 aromatic rings. The zero-order chi connectivity index (χ0) is 18.1. The summed E-state index contributed by atoms with van der Waals surface area (Å²) in [4.78, 5) is 13.2. The summed E-state index contributed by atoms with van der Waals surface area (Å²) in [7, 11) is 0. The zero-order valence-electron chi connectivity index (χ0n) is 13.9. The summed E-state index contributed by atoms with van der Waals surface area (Å²) in [5, 5.41) is 9.25. The van der Waals surface area contributed by atoms with E-state index in [0.29, 0.717) is 18.8 Å². The van der Waals surface area contributed by atoms with Crippen LogP contribution in [0.2, 0.25) is 0 Å². The molecular weight excluding hydrogens is 397 g/mol. The van der Waals surface area contributed by atoms with Crippen molar-refractivity contribution in [3.63, 3.8) is 0 Å². The number of benzene rings is 1. The summed E-state index contributed by atoms with van der Waals surface area (Å²) in [5.41, 5.74) is 3.53. The molecule has 0 spiro atoms. The number of fused-ring (bicyclic) bond motifs is 1. The SMILES string of the molecule is N#Cc1c(F)cccc1N1CCN(c2ccnc3cc(Br)cnc23)CC1. The summed E-state index contributed by atoms with van der Waals surface area (Å²) < 4.78 is 14.8. The second-order valence-electron chi connectivity index (χ2n) is 6.07. The van der Waals surface area contributed by atoms with Crippen molar-refractivity contribution in [3.05, 3.63) is 58.6 Å². The number of anilines is 2. The van der Waals surface area contributed by atoms with E-state index in [2.05, 4.69) is 35.7 Å². The lowest BCUT2D eigenvalue weighted by Gasteiger charge is -2.37. The van der Waals surface area contributed by atoms with Crippen LogP contribution in [0.25, 0.3) is 11.0 Å².